The average Bonchev–Trinajstić information content (AvgIpc) is 3.39. The van der Waals surface area contributed by atoms with Gasteiger partial charge in [0.05, 0.1) is 4.92 Å². The molecule has 1 aliphatic rings. The SMILES string of the molecule is O=C(NC1CC1)c1ccc(NCCc2c[nH]c3ccccc23)c([N+](=O)[O-])c1. The van der Waals surface area contributed by atoms with Crippen molar-refractivity contribution in [3.63, 3.8) is 0 Å². The standard InChI is InChI=1S/C20H20N4O3/c25-20(23-15-6-7-15)13-5-8-18(19(11-13)24(26)27)21-10-9-14-12-22-17-4-2-1-3-16(14)17/h1-5,8,11-12,15,21-22H,6-7,9-10H2,(H,23,25). The number of H-pyrrole nitrogens is 1. The molecule has 0 unspecified atom stereocenters. The second-order valence-electron chi connectivity index (χ2n) is 6.77. The van der Waals surface area contributed by atoms with Crippen molar-refractivity contribution >= 4 is 28.2 Å². The largest absolute Gasteiger partial charge is 0.379 e. The van der Waals surface area contributed by atoms with Crippen molar-refractivity contribution < 1.29 is 9.72 Å². The number of benzene rings is 2. The summed E-state index contributed by atoms with van der Waals surface area (Å²) in [6.45, 7) is 0.552. The molecule has 1 amide bonds. The van der Waals surface area contributed by atoms with Gasteiger partial charge in [-0.1, -0.05) is 18.2 Å². The zero-order valence-electron chi connectivity index (χ0n) is 14.7. The van der Waals surface area contributed by atoms with Gasteiger partial charge in [0.25, 0.3) is 11.6 Å². The van der Waals surface area contributed by atoms with Gasteiger partial charge in [0, 0.05) is 41.3 Å². The van der Waals surface area contributed by atoms with Crippen LogP contribution in [0.3, 0.4) is 0 Å². The second kappa shape index (κ2) is 7.11. The summed E-state index contributed by atoms with van der Waals surface area (Å²) >= 11 is 0. The van der Waals surface area contributed by atoms with Gasteiger partial charge < -0.3 is 15.6 Å². The molecule has 1 saturated carbocycles. The highest BCUT2D eigenvalue weighted by Crippen LogP contribution is 2.27. The molecule has 4 rings (SSSR count). The zero-order chi connectivity index (χ0) is 18.8. The Bertz CT molecular complexity index is 1010. The van der Waals surface area contributed by atoms with Crippen molar-refractivity contribution in [1.82, 2.24) is 10.3 Å². The number of carbonyl (C=O) groups is 1. The molecule has 27 heavy (non-hydrogen) atoms. The van der Waals surface area contributed by atoms with Crippen molar-refractivity contribution in [2.75, 3.05) is 11.9 Å². The van der Waals surface area contributed by atoms with Gasteiger partial charge in [0.1, 0.15) is 5.69 Å². The molecular formula is C20H20N4O3. The molecule has 138 valence electrons. The fourth-order valence-electron chi connectivity index (χ4n) is 3.14. The summed E-state index contributed by atoms with van der Waals surface area (Å²) in [5.74, 6) is -0.258. The van der Waals surface area contributed by atoms with E-state index in [1.165, 1.54) is 6.07 Å². The van der Waals surface area contributed by atoms with Crippen molar-refractivity contribution in [3.8, 4) is 0 Å². The van der Waals surface area contributed by atoms with Crippen molar-refractivity contribution in [1.29, 1.82) is 0 Å². The smallest absolute Gasteiger partial charge is 0.293 e. The van der Waals surface area contributed by atoms with Gasteiger partial charge in [0.2, 0.25) is 0 Å². The number of anilines is 1. The van der Waals surface area contributed by atoms with Gasteiger partial charge in [-0.25, -0.2) is 0 Å². The van der Waals surface area contributed by atoms with Crippen LogP contribution in [0, 0.1) is 10.1 Å². The van der Waals surface area contributed by atoms with E-state index in [2.05, 4.69) is 21.7 Å². The lowest BCUT2D eigenvalue weighted by atomic mass is 10.1. The van der Waals surface area contributed by atoms with E-state index in [-0.39, 0.29) is 17.6 Å². The van der Waals surface area contributed by atoms with Crippen LogP contribution in [0.2, 0.25) is 0 Å². The topological polar surface area (TPSA) is 100 Å². The third kappa shape index (κ3) is 3.76. The van der Waals surface area contributed by atoms with Crippen molar-refractivity contribution in [2.24, 2.45) is 0 Å². The molecule has 0 bridgehead atoms. The van der Waals surface area contributed by atoms with Crippen molar-refractivity contribution in [2.45, 2.75) is 25.3 Å². The Kier molecular flexibility index (Phi) is 4.50. The molecule has 0 radical (unpaired) electrons. The van der Waals surface area contributed by atoms with E-state index >= 15 is 0 Å². The third-order valence-corrected chi connectivity index (χ3v) is 4.75. The maximum atomic E-state index is 12.1. The monoisotopic (exact) mass is 364 g/mol. The number of hydrogen-bond acceptors (Lipinski definition) is 4. The highest BCUT2D eigenvalue weighted by molar-refractivity contribution is 5.96. The van der Waals surface area contributed by atoms with Gasteiger partial charge in [-0.15, -0.1) is 0 Å². The molecule has 0 saturated heterocycles. The molecule has 1 fully saturated rings. The van der Waals surface area contributed by atoms with Gasteiger partial charge in [-0.2, -0.15) is 0 Å². The predicted octanol–water partition coefficient (Wildman–Crippen LogP) is 3.62. The Morgan fingerprint density at radius 1 is 1.22 bits per heavy atom. The van der Waals surface area contributed by atoms with Gasteiger partial charge in [0.15, 0.2) is 0 Å². The van der Waals surface area contributed by atoms with Gasteiger partial charge in [-0.05, 0) is 43.0 Å². The van der Waals surface area contributed by atoms with Crippen LogP contribution < -0.4 is 10.6 Å². The van der Waals surface area contributed by atoms with Crippen LogP contribution >= 0.6 is 0 Å². The van der Waals surface area contributed by atoms with Crippen LogP contribution in [0.25, 0.3) is 10.9 Å². The number of nitro groups is 1. The van der Waals surface area contributed by atoms with Crippen LogP contribution in [-0.4, -0.2) is 28.4 Å². The van der Waals surface area contributed by atoms with E-state index in [4.69, 9.17) is 0 Å². The molecule has 1 aliphatic carbocycles. The van der Waals surface area contributed by atoms with Crippen LogP contribution in [0.4, 0.5) is 11.4 Å². The van der Waals surface area contributed by atoms with E-state index in [9.17, 15) is 14.9 Å². The highest BCUT2D eigenvalue weighted by Gasteiger charge is 2.25. The molecule has 1 heterocycles. The molecule has 7 nitrogen and oxygen atoms in total. The summed E-state index contributed by atoms with van der Waals surface area (Å²) < 4.78 is 0. The number of carbonyl (C=O) groups excluding carboxylic acids is 1. The lowest BCUT2D eigenvalue weighted by Crippen LogP contribution is -2.25. The summed E-state index contributed by atoms with van der Waals surface area (Å²) in [4.78, 5) is 26.3. The fraction of sp³-hybridized carbons (Fsp3) is 0.250. The molecular weight excluding hydrogens is 344 g/mol. The lowest BCUT2D eigenvalue weighted by molar-refractivity contribution is -0.384. The molecule has 7 heteroatoms. The lowest BCUT2D eigenvalue weighted by Gasteiger charge is -2.09. The maximum Gasteiger partial charge on any atom is 0.293 e. The van der Waals surface area contributed by atoms with Crippen LogP contribution in [0.15, 0.2) is 48.7 Å². The predicted molar refractivity (Wildman–Crippen MR) is 104 cm³/mol. The molecule has 2 aromatic carbocycles. The highest BCUT2D eigenvalue weighted by atomic mass is 16.6. The first-order valence-electron chi connectivity index (χ1n) is 9.00. The number of rotatable bonds is 7. The minimum Gasteiger partial charge on any atom is -0.379 e. The van der Waals surface area contributed by atoms with E-state index in [0.717, 1.165) is 35.7 Å². The van der Waals surface area contributed by atoms with E-state index < -0.39 is 4.92 Å². The number of para-hydroxylation sites is 1. The van der Waals surface area contributed by atoms with Crippen LogP contribution in [0.5, 0.6) is 0 Å². The number of nitrogens with one attached hydrogen (secondary N) is 3. The number of nitrogens with zero attached hydrogens (tertiary/aromatic N) is 1. The van der Waals surface area contributed by atoms with Crippen LogP contribution in [0.1, 0.15) is 28.8 Å². The van der Waals surface area contributed by atoms with E-state index in [1.54, 1.807) is 12.1 Å². The fourth-order valence-corrected chi connectivity index (χ4v) is 3.14. The summed E-state index contributed by atoms with van der Waals surface area (Å²) in [5.41, 5.74) is 2.88. The van der Waals surface area contributed by atoms with Crippen molar-refractivity contribution in [3.05, 3.63) is 69.9 Å². The van der Waals surface area contributed by atoms with E-state index in [0.29, 0.717) is 17.8 Å². The number of hydrogen-bond donors (Lipinski definition) is 3. The number of amides is 1. The minimum absolute atomic E-state index is 0.0858. The Labute approximate surface area is 155 Å². The molecule has 0 atom stereocenters. The molecule has 1 aromatic heterocycles. The first-order valence-corrected chi connectivity index (χ1v) is 9.00. The number of aromatic amines is 1. The first kappa shape index (κ1) is 17.1. The summed E-state index contributed by atoms with van der Waals surface area (Å²) in [7, 11) is 0. The third-order valence-electron chi connectivity index (χ3n) is 4.75. The average molecular weight is 364 g/mol. The Balaban J connectivity index is 1.46. The first-order chi connectivity index (χ1) is 13.1. The molecule has 3 N–H and O–H groups in total. The van der Waals surface area contributed by atoms with Gasteiger partial charge >= 0.3 is 0 Å². The summed E-state index contributed by atoms with van der Waals surface area (Å²) in [6, 6.07) is 12.8. The Morgan fingerprint density at radius 3 is 2.81 bits per heavy atom. The zero-order valence-corrected chi connectivity index (χ0v) is 14.7. The number of fused-ring (bicyclic) bond motifs is 1. The Morgan fingerprint density at radius 2 is 2.04 bits per heavy atom. The molecule has 0 aliphatic heterocycles. The quantitative estimate of drug-likeness (QED) is 0.440. The maximum absolute atomic E-state index is 12.1. The number of nitro benzene ring substituents is 1. The number of aromatic nitrogens is 1. The molecule has 0 spiro atoms. The van der Waals surface area contributed by atoms with Crippen LogP contribution in [-0.2, 0) is 6.42 Å². The molecule has 3 aromatic rings. The Hall–Kier alpha value is -3.35. The summed E-state index contributed by atoms with van der Waals surface area (Å²) in [6.07, 6.45) is 4.64. The minimum atomic E-state index is -0.456. The second-order valence-corrected chi connectivity index (χ2v) is 6.77. The van der Waals surface area contributed by atoms with Gasteiger partial charge in [-0.3, -0.25) is 14.9 Å². The summed E-state index contributed by atoms with van der Waals surface area (Å²) in [5, 5.41) is 18.6. The normalized spacial score (nSPS) is 13.5. The van der Waals surface area contributed by atoms with E-state index in [1.807, 2.05) is 24.4 Å².